The fourth-order valence-electron chi connectivity index (χ4n) is 6.51. The summed E-state index contributed by atoms with van der Waals surface area (Å²) in [5.74, 6) is -0.152. The van der Waals surface area contributed by atoms with Gasteiger partial charge in [-0.05, 0) is 38.5 Å². The van der Waals surface area contributed by atoms with E-state index in [2.05, 4.69) is 31.3 Å². The lowest BCUT2D eigenvalue weighted by atomic mass is 9.99. The highest BCUT2D eigenvalue weighted by Crippen LogP contribution is 2.23. The molecule has 0 bridgehead atoms. The molecule has 0 radical (unpaired) electrons. The number of aliphatic hydroxyl groups is 5. The van der Waals surface area contributed by atoms with E-state index in [9.17, 15) is 30.3 Å². The van der Waals surface area contributed by atoms with Gasteiger partial charge in [0.1, 0.15) is 24.4 Å². The molecule has 9 heteroatoms. The van der Waals surface area contributed by atoms with Crippen molar-refractivity contribution in [3.8, 4) is 0 Å². The molecule has 0 aliphatic carbocycles. The first kappa shape index (κ1) is 46.0. The minimum Gasteiger partial charge on any atom is -0.394 e. The van der Waals surface area contributed by atoms with Gasteiger partial charge >= 0.3 is 0 Å². The number of hydrogen-bond donors (Lipinski definition) is 6. The quantitative estimate of drug-likeness (QED) is 0.0307. The number of carbonyl (C=O) groups is 1. The highest BCUT2D eigenvalue weighted by atomic mass is 16.7. The summed E-state index contributed by atoms with van der Waals surface area (Å²) in [7, 11) is 0. The molecule has 290 valence electrons. The Hall–Kier alpha value is -1.07. The topological polar surface area (TPSA) is 149 Å². The highest BCUT2D eigenvalue weighted by molar-refractivity contribution is 5.76. The molecule has 1 fully saturated rings. The maximum Gasteiger partial charge on any atom is 0.220 e. The van der Waals surface area contributed by atoms with Crippen LogP contribution in [0, 0.1) is 0 Å². The number of ether oxygens (including phenoxy) is 2. The van der Waals surface area contributed by atoms with Crippen molar-refractivity contribution in [1.29, 1.82) is 0 Å². The largest absolute Gasteiger partial charge is 0.394 e. The van der Waals surface area contributed by atoms with E-state index in [1.54, 1.807) is 0 Å². The van der Waals surface area contributed by atoms with Crippen molar-refractivity contribution < 1.29 is 39.8 Å². The van der Waals surface area contributed by atoms with E-state index in [1.807, 2.05) is 0 Å². The summed E-state index contributed by atoms with van der Waals surface area (Å²) in [5, 5.41) is 54.0. The van der Waals surface area contributed by atoms with Crippen LogP contribution in [0.15, 0.2) is 12.2 Å². The second kappa shape index (κ2) is 31.6. The first-order chi connectivity index (χ1) is 23.8. The molecular formula is C40H77NO8. The van der Waals surface area contributed by atoms with Crippen molar-refractivity contribution in [1.82, 2.24) is 5.32 Å². The average molecular weight is 700 g/mol. The van der Waals surface area contributed by atoms with Crippen molar-refractivity contribution in [2.45, 2.75) is 224 Å². The van der Waals surface area contributed by atoms with Gasteiger partial charge in [-0.3, -0.25) is 4.79 Å². The highest BCUT2D eigenvalue weighted by Gasteiger charge is 2.44. The first-order valence-corrected chi connectivity index (χ1v) is 20.4. The third kappa shape index (κ3) is 23.2. The van der Waals surface area contributed by atoms with Gasteiger partial charge in [-0.15, -0.1) is 0 Å². The molecule has 0 aromatic rings. The van der Waals surface area contributed by atoms with Crippen LogP contribution in [0.1, 0.15) is 181 Å². The van der Waals surface area contributed by atoms with E-state index in [4.69, 9.17) is 9.47 Å². The van der Waals surface area contributed by atoms with Crippen LogP contribution in [0.3, 0.4) is 0 Å². The number of unbranched alkanes of at least 4 members (excludes halogenated alkanes) is 21. The molecule has 49 heavy (non-hydrogen) atoms. The molecule has 1 rings (SSSR count). The summed E-state index contributed by atoms with van der Waals surface area (Å²) in [6.45, 7) is 3.78. The van der Waals surface area contributed by atoms with E-state index in [0.717, 1.165) is 38.5 Å². The Morgan fingerprint density at radius 2 is 1.14 bits per heavy atom. The first-order valence-electron chi connectivity index (χ1n) is 20.4. The molecule has 0 aromatic heterocycles. The fourth-order valence-corrected chi connectivity index (χ4v) is 6.51. The molecule has 7 unspecified atom stereocenters. The molecular weight excluding hydrogens is 622 g/mol. The van der Waals surface area contributed by atoms with Gasteiger partial charge in [0.2, 0.25) is 5.91 Å². The van der Waals surface area contributed by atoms with Gasteiger partial charge in [0.15, 0.2) is 6.29 Å². The molecule has 0 aromatic carbocycles. The molecule has 1 saturated heterocycles. The molecule has 6 N–H and O–H groups in total. The summed E-state index contributed by atoms with van der Waals surface area (Å²) < 4.78 is 11.2. The number of amides is 1. The lowest BCUT2D eigenvalue weighted by molar-refractivity contribution is -0.302. The monoisotopic (exact) mass is 700 g/mol. The predicted molar refractivity (Wildman–Crippen MR) is 198 cm³/mol. The maximum atomic E-state index is 12.9. The third-order valence-corrected chi connectivity index (χ3v) is 9.87. The third-order valence-electron chi connectivity index (χ3n) is 9.87. The zero-order valence-corrected chi connectivity index (χ0v) is 31.5. The van der Waals surface area contributed by atoms with Crippen LogP contribution >= 0.6 is 0 Å². The van der Waals surface area contributed by atoms with E-state index < -0.39 is 49.5 Å². The summed E-state index contributed by atoms with van der Waals surface area (Å²) >= 11 is 0. The Kier molecular flexibility index (Phi) is 29.7. The number of carbonyl (C=O) groups excluding carboxylic acids is 1. The van der Waals surface area contributed by atoms with Crippen LogP contribution in [-0.4, -0.2) is 87.5 Å². The zero-order valence-electron chi connectivity index (χ0n) is 31.5. The summed E-state index contributed by atoms with van der Waals surface area (Å²) in [5.41, 5.74) is 0. The molecule has 0 spiro atoms. The van der Waals surface area contributed by atoms with Gasteiger partial charge in [-0.2, -0.15) is 0 Å². The summed E-state index contributed by atoms with van der Waals surface area (Å²) in [6.07, 6.45) is 26.6. The number of hydrogen-bond acceptors (Lipinski definition) is 8. The maximum absolute atomic E-state index is 12.9. The van der Waals surface area contributed by atoms with Gasteiger partial charge < -0.3 is 40.3 Å². The summed E-state index contributed by atoms with van der Waals surface area (Å²) in [4.78, 5) is 12.9. The molecule has 9 nitrogen and oxygen atoms in total. The van der Waals surface area contributed by atoms with Crippen LogP contribution < -0.4 is 5.32 Å². The molecule has 1 aliphatic rings. The minimum absolute atomic E-state index is 0.138. The standard InChI is InChI=1S/C40H77NO8/c1-3-5-7-9-11-13-14-15-16-17-18-19-20-21-22-24-26-28-30-36(44)41-33(34(43)29-27-25-23-12-10-8-6-4-2)32-48-40-39(47)38(46)37(45)35(31-42)49-40/h16-17,33-35,37-40,42-43,45-47H,3-15,18-32H2,1-2H3,(H,41,44)/b17-16-. The van der Waals surface area contributed by atoms with E-state index in [0.29, 0.717) is 12.8 Å². The Bertz CT molecular complexity index is 781. The van der Waals surface area contributed by atoms with Gasteiger partial charge in [0, 0.05) is 6.42 Å². The molecule has 1 heterocycles. The van der Waals surface area contributed by atoms with E-state index in [-0.39, 0.29) is 12.5 Å². The van der Waals surface area contributed by atoms with Gasteiger partial charge in [-0.1, -0.05) is 148 Å². The molecule has 1 aliphatic heterocycles. The van der Waals surface area contributed by atoms with Crippen molar-refractivity contribution in [3.05, 3.63) is 12.2 Å². The number of aliphatic hydroxyl groups excluding tert-OH is 5. The smallest absolute Gasteiger partial charge is 0.220 e. The van der Waals surface area contributed by atoms with Crippen LogP contribution in [0.25, 0.3) is 0 Å². The molecule has 7 atom stereocenters. The van der Waals surface area contributed by atoms with Gasteiger partial charge in [-0.25, -0.2) is 0 Å². The molecule has 1 amide bonds. The Morgan fingerprint density at radius 1 is 0.673 bits per heavy atom. The van der Waals surface area contributed by atoms with Crippen LogP contribution in [0.4, 0.5) is 0 Å². The van der Waals surface area contributed by atoms with Crippen molar-refractivity contribution >= 4 is 5.91 Å². The van der Waals surface area contributed by atoms with Crippen LogP contribution in [0.5, 0.6) is 0 Å². The minimum atomic E-state index is -1.55. The molecule has 0 saturated carbocycles. The van der Waals surface area contributed by atoms with Gasteiger partial charge in [0.25, 0.3) is 0 Å². The van der Waals surface area contributed by atoms with E-state index >= 15 is 0 Å². The van der Waals surface area contributed by atoms with Crippen LogP contribution in [-0.2, 0) is 14.3 Å². The second-order valence-electron chi connectivity index (χ2n) is 14.4. The van der Waals surface area contributed by atoms with Crippen molar-refractivity contribution in [2.24, 2.45) is 0 Å². The number of rotatable bonds is 33. The van der Waals surface area contributed by atoms with Crippen LogP contribution in [0.2, 0.25) is 0 Å². The number of nitrogens with one attached hydrogen (secondary N) is 1. The second-order valence-corrected chi connectivity index (χ2v) is 14.4. The van der Waals surface area contributed by atoms with Crippen molar-refractivity contribution in [2.75, 3.05) is 13.2 Å². The number of allylic oxidation sites excluding steroid dienone is 2. The SMILES string of the molecule is CCCCCCCCC/C=C\CCCCCCCCCC(=O)NC(COC1OC(CO)C(O)C(O)C1O)C(O)CCCCCCCCCC. The fraction of sp³-hybridized carbons (Fsp3) is 0.925. The Morgan fingerprint density at radius 3 is 1.65 bits per heavy atom. The van der Waals surface area contributed by atoms with Crippen molar-refractivity contribution in [3.63, 3.8) is 0 Å². The lowest BCUT2D eigenvalue weighted by Gasteiger charge is -2.40. The van der Waals surface area contributed by atoms with Gasteiger partial charge in [0.05, 0.1) is 25.4 Å². The average Bonchev–Trinajstić information content (AvgIpc) is 3.10. The normalized spacial score (nSPS) is 22.5. The Balaban J connectivity index is 2.32. The predicted octanol–water partition coefficient (Wildman–Crippen LogP) is 7.39. The Labute approximate surface area is 299 Å². The lowest BCUT2D eigenvalue weighted by Crippen LogP contribution is -2.60. The van der Waals surface area contributed by atoms with E-state index in [1.165, 1.54) is 116 Å². The zero-order chi connectivity index (χ0) is 36.0. The summed E-state index contributed by atoms with van der Waals surface area (Å²) in [6, 6.07) is -0.714.